The van der Waals surface area contributed by atoms with E-state index >= 15 is 0 Å². The number of benzene rings is 2. The van der Waals surface area contributed by atoms with Gasteiger partial charge in [-0.15, -0.1) is 0 Å². The minimum atomic E-state index is -0.430. The maximum atomic E-state index is 12.0. The zero-order valence-corrected chi connectivity index (χ0v) is 14.4. The highest BCUT2D eigenvalue weighted by Gasteiger charge is 2.10. The summed E-state index contributed by atoms with van der Waals surface area (Å²) in [6.07, 6.45) is 0. The molecule has 1 N–H and O–H groups in total. The summed E-state index contributed by atoms with van der Waals surface area (Å²) < 4.78 is 10.1. The van der Waals surface area contributed by atoms with Crippen LogP contribution in [-0.4, -0.2) is 25.6 Å². The predicted molar refractivity (Wildman–Crippen MR) is 92.8 cm³/mol. The first-order valence-electron chi connectivity index (χ1n) is 7.28. The zero-order chi connectivity index (χ0) is 17.7. The number of nitrogens with one attached hydrogen (secondary N) is 1. The molecular weight excluding hydrogens is 330 g/mol. The van der Waals surface area contributed by atoms with E-state index in [4.69, 9.17) is 16.3 Å². The van der Waals surface area contributed by atoms with Crippen molar-refractivity contribution in [1.82, 2.24) is 0 Å². The Morgan fingerprint density at radius 1 is 1.12 bits per heavy atom. The molecule has 2 aromatic rings. The van der Waals surface area contributed by atoms with Gasteiger partial charge in [0, 0.05) is 5.69 Å². The molecule has 1 amide bonds. The summed E-state index contributed by atoms with van der Waals surface area (Å²) in [6, 6.07) is 10.1. The number of halogens is 1. The zero-order valence-electron chi connectivity index (χ0n) is 13.7. The van der Waals surface area contributed by atoms with E-state index in [-0.39, 0.29) is 12.5 Å². The number of carbonyl (C=O) groups is 2. The minimum absolute atomic E-state index is 0.164. The number of aryl methyl sites for hydroxylation is 2. The molecule has 6 heteroatoms. The third-order valence-corrected chi connectivity index (χ3v) is 3.59. The Labute approximate surface area is 145 Å². The average molecular weight is 348 g/mol. The van der Waals surface area contributed by atoms with E-state index in [1.54, 1.807) is 30.3 Å². The van der Waals surface area contributed by atoms with Gasteiger partial charge in [-0.3, -0.25) is 4.79 Å². The third kappa shape index (κ3) is 4.49. The van der Waals surface area contributed by atoms with Crippen LogP contribution < -0.4 is 10.1 Å². The smallest absolute Gasteiger partial charge is 0.337 e. The fourth-order valence-electron chi connectivity index (χ4n) is 2.23. The molecule has 0 unspecified atom stereocenters. The molecule has 0 fully saturated rings. The Morgan fingerprint density at radius 3 is 2.38 bits per heavy atom. The van der Waals surface area contributed by atoms with E-state index in [2.05, 4.69) is 10.1 Å². The fraction of sp³-hybridized carbons (Fsp3) is 0.222. The Hall–Kier alpha value is -2.53. The van der Waals surface area contributed by atoms with Crippen LogP contribution in [0.2, 0.25) is 5.02 Å². The maximum Gasteiger partial charge on any atom is 0.337 e. The second-order valence-electron chi connectivity index (χ2n) is 5.30. The summed E-state index contributed by atoms with van der Waals surface area (Å²) in [4.78, 5) is 23.3. The highest BCUT2D eigenvalue weighted by atomic mass is 35.5. The Morgan fingerprint density at radius 2 is 1.79 bits per heavy atom. The van der Waals surface area contributed by atoms with Crippen LogP contribution in [0.4, 0.5) is 5.69 Å². The van der Waals surface area contributed by atoms with Gasteiger partial charge in [0.2, 0.25) is 0 Å². The molecule has 0 spiro atoms. The number of amides is 1. The van der Waals surface area contributed by atoms with Crippen molar-refractivity contribution in [2.45, 2.75) is 13.8 Å². The Kier molecular flexibility index (Phi) is 5.82. The molecule has 0 aliphatic carbocycles. The van der Waals surface area contributed by atoms with Crippen molar-refractivity contribution >= 4 is 29.2 Å². The number of anilines is 1. The monoisotopic (exact) mass is 347 g/mol. The summed E-state index contributed by atoms with van der Waals surface area (Å²) in [5.41, 5.74) is 2.87. The van der Waals surface area contributed by atoms with Gasteiger partial charge in [-0.25, -0.2) is 4.79 Å². The number of ether oxygens (including phenoxy) is 2. The van der Waals surface area contributed by atoms with Gasteiger partial charge in [0.15, 0.2) is 6.61 Å². The van der Waals surface area contributed by atoms with Crippen LogP contribution in [0.25, 0.3) is 0 Å². The molecule has 0 heterocycles. The van der Waals surface area contributed by atoms with Gasteiger partial charge in [-0.2, -0.15) is 0 Å². The summed E-state index contributed by atoms with van der Waals surface area (Å²) in [5, 5.41) is 3.16. The van der Waals surface area contributed by atoms with Crippen molar-refractivity contribution in [2.24, 2.45) is 0 Å². The second-order valence-corrected chi connectivity index (χ2v) is 5.71. The SMILES string of the molecule is COC(=O)c1ccc(NC(=O)COc2c(C)cc(C)cc2Cl)cc1. The Bertz CT molecular complexity index is 733. The molecule has 0 saturated carbocycles. The molecule has 0 radical (unpaired) electrons. The topological polar surface area (TPSA) is 64.6 Å². The number of methoxy groups -OCH3 is 1. The van der Waals surface area contributed by atoms with Gasteiger partial charge >= 0.3 is 5.97 Å². The highest BCUT2D eigenvalue weighted by Crippen LogP contribution is 2.29. The molecule has 2 aromatic carbocycles. The van der Waals surface area contributed by atoms with E-state index in [9.17, 15) is 9.59 Å². The lowest BCUT2D eigenvalue weighted by Crippen LogP contribution is -2.20. The molecule has 24 heavy (non-hydrogen) atoms. The van der Waals surface area contributed by atoms with E-state index in [0.29, 0.717) is 22.0 Å². The van der Waals surface area contributed by atoms with Crippen LogP contribution in [0.1, 0.15) is 21.5 Å². The van der Waals surface area contributed by atoms with Crippen molar-refractivity contribution in [3.63, 3.8) is 0 Å². The van der Waals surface area contributed by atoms with Crippen molar-refractivity contribution in [3.8, 4) is 5.75 Å². The van der Waals surface area contributed by atoms with E-state index in [0.717, 1.165) is 11.1 Å². The normalized spacial score (nSPS) is 10.2. The van der Waals surface area contributed by atoms with Crippen molar-refractivity contribution in [3.05, 3.63) is 58.1 Å². The van der Waals surface area contributed by atoms with Gasteiger partial charge in [-0.05, 0) is 55.3 Å². The van der Waals surface area contributed by atoms with Gasteiger partial charge in [0.05, 0.1) is 17.7 Å². The number of hydrogen-bond donors (Lipinski definition) is 1. The van der Waals surface area contributed by atoms with Gasteiger partial charge in [0.1, 0.15) is 5.75 Å². The molecular formula is C18H18ClNO4. The van der Waals surface area contributed by atoms with Gasteiger partial charge < -0.3 is 14.8 Å². The molecule has 126 valence electrons. The molecule has 0 bridgehead atoms. The molecule has 0 saturated heterocycles. The largest absolute Gasteiger partial charge is 0.482 e. The number of hydrogen-bond acceptors (Lipinski definition) is 4. The van der Waals surface area contributed by atoms with Crippen LogP contribution in [0.15, 0.2) is 36.4 Å². The quantitative estimate of drug-likeness (QED) is 0.836. The number of esters is 1. The van der Waals surface area contributed by atoms with Crippen LogP contribution in [-0.2, 0) is 9.53 Å². The van der Waals surface area contributed by atoms with Crippen LogP contribution in [0, 0.1) is 13.8 Å². The van der Waals surface area contributed by atoms with Crippen LogP contribution >= 0.6 is 11.6 Å². The minimum Gasteiger partial charge on any atom is -0.482 e. The predicted octanol–water partition coefficient (Wildman–Crippen LogP) is 3.76. The molecule has 0 aliphatic heterocycles. The highest BCUT2D eigenvalue weighted by molar-refractivity contribution is 6.32. The molecule has 0 aromatic heterocycles. The molecule has 0 atom stereocenters. The summed E-state index contributed by atoms with van der Waals surface area (Å²) in [5.74, 6) is -0.254. The summed E-state index contributed by atoms with van der Waals surface area (Å²) >= 11 is 6.14. The van der Waals surface area contributed by atoms with E-state index < -0.39 is 5.97 Å². The molecule has 0 aliphatic rings. The summed E-state index contributed by atoms with van der Waals surface area (Å²) in [6.45, 7) is 3.65. The lowest BCUT2D eigenvalue weighted by Gasteiger charge is -2.12. The molecule has 5 nitrogen and oxygen atoms in total. The lowest BCUT2D eigenvalue weighted by atomic mass is 10.1. The first kappa shape index (κ1) is 17.8. The summed E-state index contributed by atoms with van der Waals surface area (Å²) in [7, 11) is 1.31. The first-order valence-corrected chi connectivity index (χ1v) is 7.66. The Balaban J connectivity index is 1.95. The lowest BCUT2D eigenvalue weighted by molar-refractivity contribution is -0.118. The molecule has 2 rings (SSSR count). The van der Waals surface area contributed by atoms with E-state index in [1.807, 2.05) is 19.9 Å². The number of carbonyl (C=O) groups excluding carboxylic acids is 2. The fourth-order valence-corrected chi connectivity index (χ4v) is 2.60. The number of rotatable bonds is 5. The van der Waals surface area contributed by atoms with Gasteiger partial charge in [0.25, 0.3) is 5.91 Å². The second kappa shape index (κ2) is 7.84. The van der Waals surface area contributed by atoms with Crippen molar-refractivity contribution in [2.75, 3.05) is 19.0 Å². The standard InChI is InChI=1S/C18H18ClNO4/c1-11-8-12(2)17(15(19)9-11)24-10-16(21)20-14-6-4-13(5-7-14)18(22)23-3/h4-9H,10H2,1-3H3,(H,20,21). The van der Waals surface area contributed by atoms with Crippen LogP contribution in [0.5, 0.6) is 5.75 Å². The van der Waals surface area contributed by atoms with Crippen molar-refractivity contribution in [1.29, 1.82) is 0 Å². The van der Waals surface area contributed by atoms with Gasteiger partial charge in [-0.1, -0.05) is 17.7 Å². The first-order chi connectivity index (χ1) is 11.4. The third-order valence-electron chi connectivity index (χ3n) is 3.31. The maximum absolute atomic E-state index is 12.0. The van der Waals surface area contributed by atoms with E-state index in [1.165, 1.54) is 7.11 Å². The average Bonchev–Trinajstić information content (AvgIpc) is 2.53. The van der Waals surface area contributed by atoms with Crippen LogP contribution in [0.3, 0.4) is 0 Å². The van der Waals surface area contributed by atoms with Crippen molar-refractivity contribution < 1.29 is 19.1 Å².